The molecular weight excluding hydrogens is 359 g/mol. The molecule has 9 heteroatoms. The summed E-state index contributed by atoms with van der Waals surface area (Å²) in [6.07, 6.45) is 2.26. The van der Waals surface area contributed by atoms with E-state index in [9.17, 15) is 13.2 Å². The van der Waals surface area contributed by atoms with Gasteiger partial charge in [-0.15, -0.1) is 13.2 Å². The van der Waals surface area contributed by atoms with Crippen LogP contribution in [0.5, 0.6) is 5.75 Å². The van der Waals surface area contributed by atoms with Crippen molar-refractivity contribution in [1.29, 1.82) is 0 Å². The van der Waals surface area contributed by atoms with Gasteiger partial charge in [-0.05, 0) is 24.3 Å². The minimum atomic E-state index is -4.73. The van der Waals surface area contributed by atoms with Gasteiger partial charge in [0.1, 0.15) is 5.75 Å². The molecule has 4 rings (SSSR count). The Kier molecular flexibility index (Phi) is 3.79. The molecule has 0 spiro atoms. The van der Waals surface area contributed by atoms with Crippen molar-refractivity contribution in [3.63, 3.8) is 0 Å². The topological polar surface area (TPSA) is 59.0 Å². The fourth-order valence-corrected chi connectivity index (χ4v) is 2.92. The minimum Gasteiger partial charge on any atom is -0.406 e. The van der Waals surface area contributed by atoms with E-state index in [1.165, 1.54) is 24.3 Å². The number of benzene rings is 1. The molecule has 1 aliphatic heterocycles. The van der Waals surface area contributed by atoms with Crippen molar-refractivity contribution in [2.24, 2.45) is 7.05 Å². The van der Waals surface area contributed by atoms with E-state index in [1.807, 2.05) is 19.4 Å². The van der Waals surface area contributed by atoms with Gasteiger partial charge in [0, 0.05) is 36.3 Å². The molecule has 1 N–H and O–H groups in total. The normalized spacial score (nSPS) is 14.1. The van der Waals surface area contributed by atoms with Crippen molar-refractivity contribution < 1.29 is 17.9 Å². The van der Waals surface area contributed by atoms with Crippen LogP contribution < -0.4 is 9.64 Å². The molecule has 3 aromatic rings. The second kappa shape index (κ2) is 6.04. The van der Waals surface area contributed by atoms with Gasteiger partial charge in [-0.25, -0.2) is 4.98 Å². The fraction of sp³-hybridized carbons (Fsp3) is 0.111. The van der Waals surface area contributed by atoms with Crippen LogP contribution in [0, 0.1) is 0 Å². The number of hydrogen-bond acceptors (Lipinski definition) is 4. The molecule has 0 saturated carbocycles. The van der Waals surface area contributed by atoms with Crippen LogP contribution in [-0.2, 0) is 7.05 Å². The molecule has 0 unspecified atom stereocenters. The van der Waals surface area contributed by atoms with Crippen molar-refractivity contribution in [3.05, 3.63) is 72.7 Å². The first-order valence-electron chi connectivity index (χ1n) is 7.91. The number of rotatable bonds is 3. The monoisotopic (exact) mass is 373 g/mol. The summed E-state index contributed by atoms with van der Waals surface area (Å²) < 4.78 is 42.7. The zero-order valence-corrected chi connectivity index (χ0v) is 14.2. The number of anilines is 1. The fourth-order valence-electron chi connectivity index (χ4n) is 2.92. The van der Waals surface area contributed by atoms with Crippen LogP contribution in [0.1, 0.15) is 17.0 Å². The SMILES string of the molecule is C=C1c2[nH]cnc2C(c2cnn(C)c2)=CN1c1ccc(OC(F)(F)F)cc1. The number of aromatic nitrogens is 4. The Bertz CT molecular complexity index is 1030. The summed E-state index contributed by atoms with van der Waals surface area (Å²) in [7, 11) is 1.81. The largest absolute Gasteiger partial charge is 0.573 e. The van der Waals surface area contributed by atoms with Crippen LogP contribution >= 0.6 is 0 Å². The van der Waals surface area contributed by atoms with Gasteiger partial charge in [0.15, 0.2) is 0 Å². The van der Waals surface area contributed by atoms with Gasteiger partial charge in [-0.3, -0.25) is 4.68 Å². The second-order valence-electron chi connectivity index (χ2n) is 5.93. The van der Waals surface area contributed by atoms with Gasteiger partial charge < -0.3 is 14.6 Å². The van der Waals surface area contributed by atoms with E-state index in [4.69, 9.17) is 0 Å². The Morgan fingerprint density at radius 3 is 2.56 bits per heavy atom. The van der Waals surface area contributed by atoms with E-state index in [2.05, 4.69) is 26.4 Å². The molecular formula is C18H14F3N5O. The van der Waals surface area contributed by atoms with Crippen LogP contribution in [0.4, 0.5) is 18.9 Å². The zero-order valence-electron chi connectivity index (χ0n) is 14.2. The molecule has 0 radical (unpaired) electrons. The summed E-state index contributed by atoms with van der Waals surface area (Å²) >= 11 is 0. The lowest BCUT2D eigenvalue weighted by Crippen LogP contribution is -2.20. The maximum atomic E-state index is 12.4. The van der Waals surface area contributed by atoms with E-state index in [-0.39, 0.29) is 5.75 Å². The Labute approximate surface area is 152 Å². The number of imidazole rings is 1. The molecule has 138 valence electrons. The molecule has 27 heavy (non-hydrogen) atoms. The Morgan fingerprint density at radius 1 is 1.19 bits per heavy atom. The lowest BCUT2D eigenvalue weighted by molar-refractivity contribution is -0.274. The highest BCUT2D eigenvalue weighted by atomic mass is 19.4. The number of ether oxygens (including phenoxy) is 1. The molecule has 0 amide bonds. The molecule has 1 aromatic carbocycles. The Morgan fingerprint density at radius 2 is 1.93 bits per heavy atom. The highest BCUT2D eigenvalue weighted by Crippen LogP contribution is 2.38. The molecule has 1 aliphatic rings. The van der Waals surface area contributed by atoms with E-state index >= 15 is 0 Å². The van der Waals surface area contributed by atoms with Crippen molar-refractivity contribution in [3.8, 4) is 5.75 Å². The van der Waals surface area contributed by atoms with Gasteiger partial charge in [-0.2, -0.15) is 5.10 Å². The van der Waals surface area contributed by atoms with Crippen molar-refractivity contribution in [1.82, 2.24) is 19.7 Å². The highest BCUT2D eigenvalue weighted by molar-refractivity contribution is 5.94. The van der Waals surface area contributed by atoms with Crippen molar-refractivity contribution >= 4 is 17.0 Å². The Hall–Kier alpha value is -3.49. The van der Waals surface area contributed by atoms with Gasteiger partial charge >= 0.3 is 6.36 Å². The number of halogens is 3. The summed E-state index contributed by atoms with van der Waals surface area (Å²) in [6.45, 7) is 4.08. The number of nitrogens with zero attached hydrogens (tertiary/aromatic N) is 4. The number of aryl methyl sites for hydroxylation is 1. The second-order valence-corrected chi connectivity index (χ2v) is 5.93. The summed E-state index contributed by atoms with van der Waals surface area (Å²) in [4.78, 5) is 9.20. The summed E-state index contributed by atoms with van der Waals surface area (Å²) in [5, 5.41) is 4.19. The maximum absolute atomic E-state index is 12.4. The molecule has 3 heterocycles. The van der Waals surface area contributed by atoms with E-state index < -0.39 is 6.36 Å². The molecule has 0 bridgehead atoms. The molecule has 0 saturated heterocycles. The van der Waals surface area contributed by atoms with Crippen molar-refractivity contribution in [2.45, 2.75) is 6.36 Å². The number of H-pyrrole nitrogens is 1. The molecule has 2 aromatic heterocycles. The third-order valence-electron chi connectivity index (χ3n) is 4.10. The molecule has 0 aliphatic carbocycles. The predicted molar refractivity (Wildman–Crippen MR) is 93.5 cm³/mol. The molecule has 6 nitrogen and oxygen atoms in total. The first-order valence-corrected chi connectivity index (χ1v) is 7.91. The van der Waals surface area contributed by atoms with E-state index in [0.29, 0.717) is 11.4 Å². The van der Waals surface area contributed by atoms with Crippen LogP contribution in [-0.4, -0.2) is 26.1 Å². The average molecular weight is 373 g/mol. The van der Waals surface area contributed by atoms with Gasteiger partial charge in [0.05, 0.1) is 29.6 Å². The number of hydrogen-bond donors (Lipinski definition) is 1. The van der Waals surface area contributed by atoms with Crippen molar-refractivity contribution in [2.75, 3.05) is 4.90 Å². The minimum absolute atomic E-state index is 0.285. The predicted octanol–water partition coefficient (Wildman–Crippen LogP) is 3.92. The highest BCUT2D eigenvalue weighted by Gasteiger charge is 2.31. The van der Waals surface area contributed by atoms with Gasteiger partial charge in [0.2, 0.25) is 0 Å². The van der Waals surface area contributed by atoms with E-state index in [0.717, 1.165) is 22.5 Å². The van der Waals surface area contributed by atoms with Crippen LogP contribution in [0.3, 0.4) is 0 Å². The summed E-state index contributed by atoms with van der Waals surface area (Å²) in [5.41, 5.74) is 4.41. The lowest BCUT2D eigenvalue weighted by atomic mass is 10.0. The number of alkyl halides is 3. The number of aromatic amines is 1. The van der Waals surface area contributed by atoms with Crippen LogP contribution in [0.25, 0.3) is 11.3 Å². The maximum Gasteiger partial charge on any atom is 0.573 e. The molecule has 0 fully saturated rings. The lowest BCUT2D eigenvalue weighted by Gasteiger charge is -2.28. The van der Waals surface area contributed by atoms with Crippen LogP contribution in [0.15, 0.2) is 55.8 Å². The summed E-state index contributed by atoms with van der Waals surface area (Å²) in [6, 6.07) is 5.59. The third-order valence-corrected chi connectivity index (χ3v) is 4.10. The Balaban J connectivity index is 1.73. The van der Waals surface area contributed by atoms with Gasteiger partial charge in [0.25, 0.3) is 0 Å². The number of fused-ring (bicyclic) bond motifs is 1. The standard InChI is InChI=1S/C18H14F3N5O/c1-11-16-17(23-10-22-16)15(12-7-24-25(2)8-12)9-26(11)13-3-5-14(6-4-13)27-18(19,20)21/h3-10H,1H2,2H3,(H,22,23). The quantitative estimate of drug-likeness (QED) is 0.756. The van der Waals surface area contributed by atoms with Crippen LogP contribution in [0.2, 0.25) is 0 Å². The number of nitrogens with one attached hydrogen (secondary N) is 1. The first kappa shape index (κ1) is 17.0. The zero-order chi connectivity index (χ0) is 19.2. The summed E-state index contributed by atoms with van der Waals surface area (Å²) in [5.74, 6) is -0.285. The third kappa shape index (κ3) is 3.19. The first-order chi connectivity index (χ1) is 12.8. The average Bonchev–Trinajstić information content (AvgIpc) is 3.24. The smallest absolute Gasteiger partial charge is 0.406 e. The molecule has 0 atom stereocenters. The van der Waals surface area contributed by atoms with Gasteiger partial charge in [-0.1, -0.05) is 6.58 Å². The van der Waals surface area contributed by atoms with E-state index in [1.54, 1.807) is 22.1 Å².